The lowest BCUT2D eigenvalue weighted by Gasteiger charge is -2.17. The van der Waals surface area contributed by atoms with Crippen molar-refractivity contribution in [3.8, 4) is 5.75 Å². The summed E-state index contributed by atoms with van der Waals surface area (Å²) in [6.07, 6.45) is 1.39. The number of fused-ring (bicyclic) bond motifs is 1. The number of ketones is 1. The van der Waals surface area contributed by atoms with Gasteiger partial charge in [-0.15, -0.1) is 11.3 Å². The zero-order valence-corrected chi connectivity index (χ0v) is 19.6. The minimum Gasteiger partial charge on any atom is -0.492 e. The lowest BCUT2D eigenvalue weighted by atomic mass is 10.1. The van der Waals surface area contributed by atoms with E-state index in [0.717, 1.165) is 11.3 Å². The molecule has 1 aliphatic rings. The summed E-state index contributed by atoms with van der Waals surface area (Å²) in [4.78, 5) is 24.9. The number of anilines is 2. The zero-order chi connectivity index (χ0) is 24.2. The molecule has 0 saturated heterocycles. The summed E-state index contributed by atoms with van der Waals surface area (Å²) in [5, 5.41) is 14.0. The van der Waals surface area contributed by atoms with Crippen molar-refractivity contribution in [3.05, 3.63) is 34.0 Å². The average Bonchev–Trinajstić information content (AvgIpc) is 3.37. The smallest absolute Gasteiger partial charge is 0.265 e. The number of ether oxygens (including phenoxy) is 1. The van der Waals surface area contributed by atoms with E-state index in [4.69, 9.17) is 21.6 Å². The van der Waals surface area contributed by atoms with Crippen LogP contribution >= 0.6 is 11.3 Å². The number of carbonyl (C=O) groups excluding carboxylic acids is 2. The maximum absolute atomic E-state index is 13.1. The number of nitrogens with two attached hydrogens (primary N) is 2. The fourth-order valence-corrected chi connectivity index (χ4v) is 5.50. The van der Waals surface area contributed by atoms with Crippen LogP contribution in [0.3, 0.4) is 0 Å². The van der Waals surface area contributed by atoms with Crippen molar-refractivity contribution in [2.75, 3.05) is 23.6 Å². The van der Waals surface area contributed by atoms with Crippen molar-refractivity contribution in [1.29, 1.82) is 5.41 Å². The first-order valence-electron chi connectivity index (χ1n) is 10.1. The molecule has 0 fully saturated rings. The van der Waals surface area contributed by atoms with Gasteiger partial charge in [0.15, 0.2) is 11.7 Å². The van der Waals surface area contributed by atoms with Gasteiger partial charge >= 0.3 is 0 Å². The molecule has 33 heavy (non-hydrogen) atoms. The van der Waals surface area contributed by atoms with Crippen LogP contribution in [0, 0.1) is 5.41 Å². The Morgan fingerprint density at radius 3 is 2.79 bits per heavy atom. The Kier molecular flexibility index (Phi) is 7.43. The van der Waals surface area contributed by atoms with Crippen LogP contribution in [0.4, 0.5) is 11.4 Å². The Bertz CT molecular complexity index is 1180. The van der Waals surface area contributed by atoms with Crippen LogP contribution in [0.5, 0.6) is 5.75 Å². The number of hydrogen-bond acceptors (Lipinski definition) is 8. The molecule has 11 nitrogen and oxygen atoms in total. The van der Waals surface area contributed by atoms with Crippen molar-refractivity contribution in [1.82, 2.24) is 10.6 Å². The van der Waals surface area contributed by atoms with Crippen LogP contribution in [0.15, 0.2) is 28.5 Å². The Balaban J connectivity index is 1.75. The molecule has 1 aromatic heterocycles. The molecule has 0 spiro atoms. The molecule has 0 bridgehead atoms. The highest BCUT2D eigenvalue weighted by Gasteiger charge is 2.28. The van der Waals surface area contributed by atoms with Gasteiger partial charge in [-0.25, -0.2) is 8.42 Å². The molecule has 1 atom stereocenters. The van der Waals surface area contributed by atoms with E-state index in [1.165, 1.54) is 19.1 Å². The van der Waals surface area contributed by atoms with Gasteiger partial charge in [-0.1, -0.05) is 0 Å². The Morgan fingerprint density at radius 2 is 2.09 bits per heavy atom. The average molecular weight is 495 g/mol. The molecule has 0 aliphatic carbocycles. The van der Waals surface area contributed by atoms with Crippen LogP contribution in [-0.2, 0) is 21.2 Å². The second kappa shape index (κ2) is 10.1. The third-order valence-electron chi connectivity index (χ3n) is 4.96. The van der Waals surface area contributed by atoms with E-state index in [1.807, 2.05) is 0 Å². The molecule has 1 aliphatic heterocycles. The lowest BCUT2D eigenvalue weighted by Crippen LogP contribution is -2.40. The SMILES string of the molecule is CC(=O)C(CCCNC(=N)N)NC(=O)c1sccc1NS(=O)(=O)c1cc(N)cc2c1OCC2. The van der Waals surface area contributed by atoms with Crippen LogP contribution in [-0.4, -0.2) is 45.3 Å². The second-order valence-corrected chi connectivity index (χ2v) is 10.1. The van der Waals surface area contributed by atoms with E-state index in [-0.39, 0.29) is 33.0 Å². The van der Waals surface area contributed by atoms with Crippen LogP contribution in [0.1, 0.15) is 35.0 Å². The standard InChI is InChI=1S/C20H26N6O5S2/c1-11(27)14(3-2-6-24-20(22)23)25-19(28)18-15(5-8-32-18)26-33(29,30)16-10-13(21)9-12-4-7-31-17(12)16/h5,8-10,14,26H,2-4,6-7,21H2,1H3,(H,25,28)(H4,22,23,24). The number of nitrogen functional groups attached to an aromatic ring is 1. The Hall–Kier alpha value is -3.32. The predicted molar refractivity (Wildman–Crippen MR) is 126 cm³/mol. The van der Waals surface area contributed by atoms with E-state index in [9.17, 15) is 18.0 Å². The van der Waals surface area contributed by atoms with E-state index >= 15 is 0 Å². The number of nitrogens with one attached hydrogen (secondary N) is 4. The highest BCUT2D eigenvalue weighted by atomic mass is 32.2. The molecule has 1 unspecified atom stereocenters. The molecule has 1 amide bonds. The van der Waals surface area contributed by atoms with Gasteiger partial charge in [-0.3, -0.25) is 19.7 Å². The second-order valence-electron chi connectivity index (χ2n) is 7.49. The van der Waals surface area contributed by atoms with Gasteiger partial charge in [0.1, 0.15) is 15.5 Å². The monoisotopic (exact) mass is 494 g/mol. The number of benzene rings is 1. The lowest BCUT2D eigenvalue weighted by molar-refractivity contribution is -0.118. The number of amides is 1. The van der Waals surface area contributed by atoms with Gasteiger partial charge in [0.25, 0.3) is 15.9 Å². The fourth-order valence-electron chi connectivity index (χ4n) is 3.39. The molecule has 8 N–H and O–H groups in total. The third-order valence-corrected chi connectivity index (χ3v) is 7.24. The van der Waals surface area contributed by atoms with E-state index < -0.39 is 22.0 Å². The number of hydrogen-bond donors (Lipinski definition) is 6. The summed E-state index contributed by atoms with van der Waals surface area (Å²) in [7, 11) is -4.09. The van der Waals surface area contributed by atoms with Crippen molar-refractivity contribution in [2.45, 2.75) is 37.1 Å². The van der Waals surface area contributed by atoms with Crippen molar-refractivity contribution < 1.29 is 22.7 Å². The number of guanidine groups is 1. The highest BCUT2D eigenvalue weighted by Crippen LogP contribution is 2.36. The number of sulfonamides is 1. The quantitative estimate of drug-likeness (QED) is 0.122. The maximum Gasteiger partial charge on any atom is 0.265 e. The van der Waals surface area contributed by atoms with Crippen molar-refractivity contribution in [3.63, 3.8) is 0 Å². The summed E-state index contributed by atoms with van der Waals surface area (Å²) in [5.74, 6) is -0.729. The van der Waals surface area contributed by atoms with Gasteiger partial charge in [0, 0.05) is 24.2 Å². The molecule has 13 heteroatoms. The van der Waals surface area contributed by atoms with Crippen LogP contribution < -0.4 is 31.6 Å². The van der Waals surface area contributed by atoms with Gasteiger partial charge in [0.05, 0.1) is 18.3 Å². The van der Waals surface area contributed by atoms with Gasteiger partial charge in [-0.05, 0) is 43.3 Å². The summed E-state index contributed by atoms with van der Waals surface area (Å²) in [6, 6.07) is 3.71. The maximum atomic E-state index is 13.1. The molecule has 0 radical (unpaired) electrons. The Morgan fingerprint density at radius 1 is 1.33 bits per heavy atom. The first-order valence-corrected chi connectivity index (χ1v) is 12.5. The van der Waals surface area contributed by atoms with Crippen molar-refractivity contribution >= 4 is 50.4 Å². The van der Waals surface area contributed by atoms with Crippen LogP contribution in [0.2, 0.25) is 0 Å². The van der Waals surface area contributed by atoms with Crippen molar-refractivity contribution in [2.24, 2.45) is 5.73 Å². The largest absolute Gasteiger partial charge is 0.492 e. The summed E-state index contributed by atoms with van der Waals surface area (Å²) in [6.45, 7) is 2.11. The van der Waals surface area contributed by atoms with E-state index in [0.29, 0.717) is 43.7 Å². The number of carbonyl (C=O) groups is 2. The summed E-state index contributed by atoms with van der Waals surface area (Å²) < 4.78 is 34.1. The number of rotatable bonds is 10. The molecule has 3 rings (SSSR count). The van der Waals surface area contributed by atoms with E-state index in [1.54, 1.807) is 11.4 Å². The zero-order valence-electron chi connectivity index (χ0n) is 17.9. The van der Waals surface area contributed by atoms with E-state index in [2.05, 4.69) is 15.4 Å². The number of thiophene rings is 1. The molecule has 2 heterocycles. The fraction of sp³-hybridized carbons (Fsp3) is 0.350. The molecule has 178 valence electrons. The highest BCUT2D eigenvalue weighted by molar-refractivity contribution is 7.92. The number of Topliss-reactive ketones (excluding diaryl/α,β-unsaturated/α-hetero) is 1. The van der Waals surface area contributed by atoms with Gasteiger partial charge in [-0.2, -0.15) is 0 Å². The third kappa shape index (κ3) is 5.93. The topological polar surface area (TPSA) is 189 Å². The molecule has 1 aromatic carbocycles. The minimum atomic E-state index is -4.09. The summed E-state index contributed by atoms with van der Waals surface area (Å²) >= 11 is 1.04. The van der Waals surface area contributed by atoms with Crippen LogP contribution in [0.25, 0.3) is 0 Å². The minimum absolute atomic E-state index is 0.0900. The summed E-state index contributed by atoms with van der Waals surface area (Å²) in [5.41, 5.74) is 12.2. The first-order chi connectivity index (χ1) is 15.6. The van der Waals surface area contributed by atoms with Gasteiger partial charge < -0.3 is 26.8 Å². The molecule has 2 aromatic rings. The van der Waals surface area contributed by atoms with Gasteiger partial charge in [0.2, 0.25) is 0 Å². The molecule has 0 saturated carbocycles. The molecular formula is C20H26N6O5S2. The predicted octanol–water partition coefficient (Wildman–Crippen LogP) is 1.02. The normalized spacial score (nSPS) is 13.5. The Labute approximate surface area is 195 Å². The molecular weight excluding hydrogens is 468 g/mol. The first kappa shape index (κ1) is 24.3.